The third-order valence-corrected chi connectivity index (χ3v) is 13.4. The second-order valence-corrected chi connectivity index (χ2v) is 17.2. The second kappa shape index (κ2) is 11.7. The van der Waals surface area contributed by atoms with Crippen LogP contribution in [0.3, 0.4) is 0 Å². The van der Waals surface area contributed by atoms with Gasteiger partial charge in [0.2, 0.25) is 0 Å². The monoisotopic (exact) mass is 586 g/mol. The zero-order valence-corrected chi connectivity index (χ0v) is 26.7. The molecule has 0 bridgehead atoms. The van der Waals surface area contributed by atoms with Crippen LogP contribution in [0.1, 0.15) is 50.0 Å². The van der Waals surface area contributed by atoms with Crippen molar-refractivity contribution in [3.8, 4) is 22.6 Å². The van der Waals surface area contributed by atoms with Gasteiger partial charge in [0.15, 0.2) is 19.8 Å². The summed E-state index contributed by atoms with van der Waals surface area (Å²) in [6.45, 7) is 11.8. The van der Waals surface area contributed by atoms with Gasteiger partial charge in [0, 0.05) is 24.0 Å². The molecule has 2 heterocycles. The van der Waals surface area contributed by atoms with E-state index in [4.69, 9.17) is 18.9 Å². The number of anilines is 2. The predicted molar refractivity (Wildman–Crippen MR) is 171 cm³/mol. The first-order chi connectivity index (χ1) is 20.0. The van der Waals surface area contributed by atoms with Crippen LogP contribution in [-0.4, -0.2) is 44.3 Å². The van der Waals surface area contributed by atoms with Crippen LogP contribution < -0.4 is 14.4 Å². The molecule has 3 aromatic carbocycles. The van der Waals surface area contributed by atoms with Gasteiger partial charge < -0.3 is 29.0 Å². The molecule has 0 saturated heterocycles. The van der Waals surface area contributed by atoms with E-state index in [1.165, 1.54) is 5.56 Å². The number of ether oxygens (including phenoxy) is 2. The van der Waals surface area contributed by atoms with Gasteiger partial charge in [-0.3, -0.25) is 0 Å². The molecule has 1 atom stereocenters. The minimum atomic E-state index is -1.97. The Labute approximate surface area is 249 Å². The van der Waals surface area contributed by atoms with Crippen LogP contribution in [0.2, 0.25) is 18.1 Å². The number of aromatic nitrogens is 1. The van der Waals surface area contributed by atoms with E-state index in [2.05, 4.69) is 69.1 Å². The zero-order chi connectivity index (χ0) is 30.2. The van der Waals surface area contributed by atoms with Gasteiger partial charge >= 0.3 is 0 Å². The highest BCUT2D eigenvalue weighted by atomic mass is 28.4. The summed E-state index contributed by atoms with van der Waals surface area (Å²) in [6, 6.07) is 18.2. The summed E-state index contributed by atoms with van der Waals surface area (Å²) in [4.78, 5) is 7.06. The smallest absolute Gasteiger partial charge is 0.192 e. The number of rotatable bonds is 8. The van der Waals surface area contributed by atoms with E-state index in [0.717, 1.165) is 46.4 Å². The lowest BCUT2D eigenvalue weighted by Gasteiger charge is -2.43. The molecule has 222 valence electrons. The minimum absolute atomic E-state index is 0.0372. The summed E-state index contributed by atoms with van der Waals surface area (Å²) < 4.78 is 18.1. The quantitative estimate of drug-likeness (QED) is 0.207. The number of benzene rings is 3. The SMILES string of the molecule is COc1cc2cc(CO)c(CO)c(-c3ccnc(N4CC[C@H](O[Si](C)(C)C(C)(C)C)c5ccccc54)c3)c2cc1OC. The maximum absolute atomic E-state index is 10.5. The van der Waals surface area contributed by atoms with Crippen LogP contribution in [0.4, 0.5) is 11.5 Å². The van der Waals surface area contributed by atoms with Gasteiger partial charge in [-0.1, -0.05) is 39.0 Å². The summed E-state index contributed by atoms with van der Waals surface area (Å²) in [5.74, 6) is 2.02. The van der Waals surface area contributed by atoms with Crippen molar-refractivity contribution in [3.05, 3.63) is 77.5 Å². The lowest BCUT2D eigenvalue weighted by Crippen LogP contribution is -2.43. The fourth-order valence-corrected chi connectivity index (χ4v) is 6.93. The average molecular weight is 587 g/mol. The van der Waals surface area contributed by atoms with Gasteiger partial charge in [-0.25, -0.2) is 4.98 Å². The summed E-state index contributed by atoms with van der Waals surface area (Å²) in [7, 11) is 1.24. The molecule has 5 rings (SSSR count). The lowest BCUT2D eigenvalue weighted by atomic mass is 9.90. The first-order valence-corrected chi connectivity index (χ1v) is 17.4. The number of nitrogens with zero attached hydrogens (tertiary/aromatic N) is 2. The number of hydrogen-bond acceptors (Lipinski definition) is 7. The topological polar surface area (TPSA) is 84.3 Å². The normalized spacial score (nSPS) is 15.5. The summed E-state index contributed by atoms with van der Waals surface area (Å²) >= 11 is 0. The Balaban J connectivity index is 1.62. The largest absolute Gasteiger partial charge is 0.493 e. The first-order valence-electron chi connectivity index (χ1n) is 14.5. The van der Waals surface area contributed by atoms with Crippen molar-refractivity contribution in [2.75, 3.05) is 25.7 Å². The van der Waals surface area contributed by atoms with Crippen LogP contribution in [-0.2, 0) is 17.6 Å². The Morgan fingerprint density at radius 1 is 0.952 bits per heavy atom. The lowest BCUT2D eigenvalue weighted by molar-refractivity contribution is 0.172. The Bertz CT molecular complexity index is 1590. The number of para-hydroxylation sites is 1. The number of fused-ring (bicyclic) bond motifs is 2. The van der Waals surface area contributed by atoms with Crippen molar-refractivity contribution < 1.29 is 24.1 Å². The van der Waals surface area contributed by atoms with Crippen molar-refractivity contribution in [2.24, 2.45) is 0 Å². The maximum Gasteiger partial charge on any atom is 0.192 e. The maximum atomic E-state index is 10.5. The van der Waals surface area contributed by atoms with Gasteiger partial charge in [-0.15, -0.1) is 0 Å². The van der Waals surface area contributed by atoms with Crippen LogP contribution in [0.15, 0.2) is 60.8 Å². The first kappa shape index (κ1) is 30.0. The minimum Gasteiger partial charge on any atom is -0.493 e. The Hall–Kier alpha value is -3.43. The third kappa shape index (κ3) is 5.40. The van der Waals surface area contributed by atoms with Crippen molar-refractivity contribution in [3.63, 3.8) is 0 Å². The van der Waals surface area contributed by atoms with Crippen LogP contribution >= 0.6 is 0 Å². The van der Waals surface area contributed by atoms with E-state index in [1.54, 1.807) is 14.2 Å². The number of aliphatic hydroxyl groups excluding tert-OH is 2. The molecule has 0 spiro atoms. The molecule has 0 saturated carbocycles. The van der Waals surface area contributed by atoms with Gasteiger partial charge in [-0.2, -0.15) is 0 Å². The molecular formula is C34H42N2O5Si. The zero-order valence-electron chi connectivity index (χ0n) is 25.7. The van der Waals surface area contributed by atoms with Crippen molar-refractivity contribution in [1.29, 1.82) is 0 Å². The van der Waals surface area contributed by atoms with Crippen molar-refractivity contribution in [2.45, 2.75) is 64.6 Å². The predicted octanol–water partition coefficient (Wildman–Crippen LogP) is 7.51. The summed E-state index contributed by atoms with van der Waals surface area (Å²) in [5, 5.41) is 22.6. The molecule has 1 aromatic heterocycles. The van der Waals surface area contributed by atoms with E-state index in [0.29, 0.717) is 22.6 Å². The van der Waals surface area contributed by atoms with Crippen LogP contribution in [0, 0.1) is 0 Å². The van der Waals surface area contributed by atoms with Crippen molar-refractivity contribution in [1.82, 2.24) is 4.98 Å². The van der Waals surface area contributed by atoms with E-state index in [-0.39, 0.29) is 24.4 Å². The van der Waals surface area contributed by atoms with E-state index in [9.17, 15) is 10.2 Å². The van der Waals surface area contributed by atoms with E-state index < -0.39 is 8.32 Å². The van der Waals surface area contributed by atoms with Gasteiger partial charge in [-0.05, 0) is 94.0 Å². The molecule has 0 unspecified atom stereocenters. The Kier molecular flexibility index (Phi) is 8.36. The van der Waals surface area contributed by atoms with Gasteiger partial charge in [0.05, 0.1) is 33.5 Å². The summed E-state index contributed by atoms with van der Waals surface area (Å²) in [6.07, 6.45) is 2.71. The average Bonchev–Trinajstić information content (AvgIpc) is 2.98. The van der Waals surface area contributed by atoms with Gasteiger partial charge in [0.25, 0.3) is 0 Å². The number of methoxy groups -OCH3 is 2. The molecule has 8 heteroatoms. The number of aliphatic hydroxyl groups is 2. The molecule has 0 radical (unpaired) electrons. The highest BCUT2D eigenvalue weighted by Gasteiger charge is 2.41. The number of hydrogen-bond donors (Lipinski definition) is 2. The highest BCUT2D eigenvalue weighted by molar-refractivity contribution is 6.74. The second-order valence-electron chi connectivity index (χ2n) is 12.4. The Morgan fingerprint density at radius 2 is 1.67 bits per heavy atom. The highest BCUT2D eigenvalue weighted by Crippen LogP contribution is 2.46. The molecule has 0 aliphatic carbocycles. The van der Waals surface area contributed by atoms with Crippen LogP contribution in [0.25, 0.3) is 21.9 Å². The van der Waals surface area contributed by atoms with Crippen LogP contribution in [0.5, 0.6) is 11.5 Å². The van der Waals surface area contributed by atoms with Crippen molar-refractivity contribution >= 4 is 30.6 Å². The molecular weight excluding hydrogens is 544 g/mol. The molecule has 4 aromatic rings. The van der Waals surface area contributed by atoms with Gasteiger partial charge in [0.1, 0.15) is 5.82 Å². The van der Waals surface area contributed by atoms with E-state index in [1.807, 2.05) is 30.5 Å². The Morgan fingerprint density at radius 3 is 2.33 bits per heavy atom. The molecule has 1 aliphatic rings. The fraction of sp³-hybridized carbons (Fsp3) is 0.382. The molecule has 2 N–H and O–H groups in total. The standard InChI is InChI=1S/C34H42N2O5Si/c1-34(2,3)42(6,7)41-29-13-15-36(28-11-9-8-10-25(28)29)32-18-22(12-14-35-32)33-26-19-31(40-5)30(39-4)17-23(26)16-24(20-37)27(33)21-38/h8-12,14,16-19,29,37-38H,13,15,20-21H2,1-7H3/t29-/m0/s1. The molecule has 0 fully saturated rings. The molecule has 42 heavy (non-hydrogen) atoms. The molecule has 7 nitrogen and oxygen atoms in total. The third-order valence-electron chi connectivity index (χ3n) is 8.92. The number of pyridine rings is 1. The molecule has 1 aliphatic heterocycles. The van der Waals surface area contributed by atoms with E-state index >= 15 is 0 Å². The fourth-order valence-electron chi connectivity index (χ4n) is 5.62. The molecule has 0 amide bonds. The summed E-state index contributed by atoms with van der Waals surface area (Å²) in [5.41, 5.74) is 5.36.